The zero-order valence-electron chi connectivity index (χ0n) is 12.4. The molecule has 0 heterocycles. The first-order valence-corrected chi connectivity index (χ1v) is 6.29. The molecule has 7 heteroatoms. The molecule has 0 saturated heterocycles. The molecule has 0 radical (unpaired) electrons. The molecule has 0 spiro atoms. The number of likely N-dealkylation sites (N-methyl/N-ethyl adjacent to an activating group) is 1. The van der Waals surface area contributed by atoms with Gasteiger partial charge in [-0.05, 0) is 19.9 Å². The number of carbonyl (C=O) groups excluding carboxylic acids is 1. The average Bonchev–Trinajstić information content (AvgIpc) is 2.43. The highest BCUT2D eigenvalue weighted by molar-refractivity contribution is 5.87. The van der Waals surface area contributed by atoms with Crippen molar-refractivity contribution < 1.29 is 22.7 Å². The van der Waals surface area contributed by atoms with Crippen LogP contribution in [0.25, 0.3) is 0 Å². The standard InChI is InChI=1S/C14H19F3N2O2/c1-9(10-7-5-6-8-11(10)21-4)19(3)12(20)13(2,18)14(15,16)17/h5-9H,18H2,1-4H3. The normalized spacial score (nSPS) is 16.0. The molecule has 0 saturated carbocycles. The van der Waals surface area contributed by atoms with Crippen molar-refractivity contribution in [3.8, 4) is 5.75 Å². The van der Waals surface area contributed by atoms with Gasteiger partial charge in [0.1, 0.15) is 5.75 Å². The molecule has 1 rings (SSSR count). The van der Waals surface area contributed by atoms with Gasteiger partial charge in [0.15, 0.2) is 5.54 Å². The van der Waals surface area contributed by atoms with E-state index in [2.05, 4.69) is 0 Å². The van der Waals surface area contributed by atoms with Gasteiger partial charge >= 0.3 is 6.18 Å². The third-order valence-corrected chi connectivity index (χ3v) is 3.52. The van der Waals surface area contributed by atoms with Crippen molar-refractivity contribution >= 4 is 5.91 Å². The molecule has 2 N–H and O–H groups in total. The van der Waals surface area contributed by atoms with Crippen LogP contribution in [0.2, 0.25) is 0 Å². The lowest BCUT2D eigenvalue weighted by Gasteiger charge is -2.34. The van der Waals surface area contributed by atoms with Gasteiger partial charge in [0.05, 0.1) is 13.2 Å². The Bertz CT molecular complexity index is 515. The van der Waals surface area contributed by atoms with Crippen LogP contribution in [0.1, 0.15) is 25.5 Å². The van der Waals surface area contributed by atoms with Gasteiger partial charge in [-0.3, -0.25) is 4.79 Å². The highest BCUT2D eigenvalue weighted by atomic mass is 19.4. The Morgan fingerprint density at radius 1 is 1.33 bits per heavy atom. The second kappa shape index (κ2) is 5.93. The van der Waals surface area contributed by atoms with Gasteiger partial charge in [-0.2, -0.15) is 13.2 Å². The largest absolute Gasteiger partial charge is 0.496 e. The highest BCUT2D eigenvalue weighted by Gasteiger charge is 2.55. The first kappa shape index (κ1) is 17.3. The van der Waals surface area contributed by atoms with Crippen LogP contribution in [0.5, 0.6) is 5.75 Å². The monoisotopic (exact) mass is 304 g/mol. The molecule has 0 bridgehead atoms. The van der Waals surface area contributed by atoms with Crippen LogP contribution in [-0.2, 0) is 4.79 Å². The fourth-order valence-corrected chi connectivity index (χ4v) is 1.88. The molecule has 1 aromatic carbocycles. The molecule has 0 aliphatic rings. The lowest BCUT2D eigenvalue weighted by atomic mass is 9.98. The number of carbonyl (C=O) groups is 1. The summed E-state index contributed by atoms with van der Waals surface area (Å²) in [5.41, 5.74) is 2.85. The van der Waals surface area contributed by atoms with Gasteiger partial charge in [0.2, 0.25) is 0 Å². The Hall–Kier alpha value is -1.76. The van der Waals surface area contributed by atoms with Gasteiger partial charge < -0.3 is 15.4 Å². The first-order valence-electron chi connectivity index (χ1n) is 6.29. The molecule has 0 aliphatic heterocycles. The maximum atomic E-state index is 12.9. The number of hydrogen-bond acceptors (Lipinski definition) is 3. The van der Waals surface area contributed by atoms with Crippen molar-refractivity contribution in [2.75, 3.05) is 14.2 Å². The Labute approximate surface area is 121 Å². The Morgan fingerprint density at radius 3 is 2.33 bits per heavy atom. The zero-order chi connectivity index (χ0) is 16.4. The summed E-state index contributed by atoms with van der Waals surface area (Å²) in [7, 11) is 2.74. The summed E-state index contributed by atoms with van der Waals surface area (Å²) in [6.07, 6.45) is -4.82. The number of halogens is 3. The van der Waals surface area contributed by atoms with E-state index in [1.54, 1.807) is 31.2 Å². The molecule has 0 fully saturated rings. The minimum Gasteiger partial charge on any atom is -0.496 e. The first-order chi connectivity index (χ1) is 9.54. The fourth-order valence-electron chi connectivity index (χ4n) is 1.88. The van der Waals surface area contributed by atoms with E-state index in [0.717, 1.165) is 4.90 Å². The van der Waals surface area contributed by atoms with Crippen molar-refractivity contribution in [1.82, 2.24) is 4.90 Å². The summed E-state index contributed by atoms with van der Waals surface area (Å²) >= 11 is 0. The fraction of sp³-hybridized carbons (Fsp3) is 0.500. The average molecular weight is 304 g/mol. The number of amides is 1. The quantitative estimate of drug-likeness (QED) is 0.930. The predicted octanol–water partition coefficient (Wildman–Crippen LogP) is 2.49. The van der Waals surface area contributed by atoms with E-state index >= 15 is 0 Å². The SMILES string of the molecule is COc1ccccc1C(C)N(C)C(=O)C(C)(N)C(F)(F)F. The van der Waals surface area contributed by atoms with E-state index < -0.39 is 23.7 Å². The van der Waals surface area contributed by atoms with E-state index in [4.69, 9.17) is 10.5 Å². The van der Waals surface area contributed by atoms with Crippen molar-refractivity contribution in [2.45, 2.75) is 31.6 Å². The van der Waals surface area contributed by atoms with Crippen LogP contribution in [0.15, 0.2) is 24.3 Å². The number of ether oxygens (including phenoxy) is 1. The smallest absolute Gasteiger partial charge is 0.415 e. The van der Waals surface area contributed by atoms with Crippen LogP contribution >= 0.6 is 0 Å². The van der Waals surface area contributed by atoms with E-state index in [1.807, 2.05) is 0 Å². The number of para-hydroxylation sites is 1. The van der Waals surface area contributed by atoms with E-state index in [9.17, 15) is 18.0 Å². The van der Waals surface area contributed by atoms with Crippen molar-refractivity contribution in [1.29, 1.82) is 0 Å². The molecule has 0 aromatic heterocycles. The summed E-state index contributed by atoms with van der Waals surface area (Å²) in [6, 6.07) is 6.21. The molecule has 1 aromatic rings. The summed E-state index contributed by atoms with van der Waals surface area (Å²) in [4.78, 5) is 13.0. The number of nitrogens with zero attached hydrogens (tertiary/aromatic N) is 1. The third kappa shape index (κ3) is 3.29. The number of benzene rings is 1. The number of hydrogen-bond donors (Lipinski definition) is 1. The van der Waals surface area contributed by atoms with E-state index in [0.29, 0.717) is 18.2 Å². The van der Waals surface area contributed by atoms with Crippen LogP contribution in [0, 0.1) is 0 Å². The molecule has 2 atom stereocenters. The second-order valence-corrected chi connectivity index (χ2v) is 5.03. The zero-order valence-corrected chi connectivity index (χ0v) is 12.4. The minimum atomic E-state index is -4.82. The third-order valence-electron chi connectivity index (χ3n) is 3.52. The maximum absolute atomic E-state index is 12.9. The summed E-state index contributed by atoms with van der Waals surface area (Å²) in [6.45, 7) is 2.28. The van der Waals surface area contributed by atoms with Crippen molar-refractivity contribution in [3.05, 3.63) is 29.8 Å². The molecular formula is C14H19F3N2O2. The molecule has 21 heavy (non-hydrogen) atoms. The number of rotatable bonds is 4. The van der Waals surface area contributed by atoms with Gasteiger partial charge in [0, 0.05) is 12.6 Å². The molecule has 118 valence electrons. The van der Waals surface area contributed by atoms with Crippen LogP contribution in [0.4, 0.5) is 13.2 Å². The Balaban J connectivity index is 3.08. The van der Waals surface area contributed by atoms with Gasteiger partial charge in [0.25, 0.3) is 5.91 Å². The summed E-state index contributed by atoms with van der Waals surface area (Å²) in [5, 5.41) is 0. The maximum Gasteiger partial charge on any atom is 0.415 e. The lowest BCUT2D eigenvalue weighted by molar-refractivity contribution is -0.194. The van der Waals surface area contributed by atoms with Gasteiger partial charge in [-0.25, -0.2) is 0 Å². The van der Waals surface area contributed by atoms with E-state index in [1.165, 1.54) is 14.2 Å². The molecule has 1 amide bonds. The topological polar surface area (TPSA) is 55.6 Å². The Morgan fingerprint density at radius 2 is 1.86 bits per heavy atom. The lowest BCUT2D eigenvalue weighted by Crippen LogP contribution is -2.61. The van der Waals surface area contributed by atoms with Crippen molar-refractivity contribution in [2.24, 2.45) is 5.73 Å². The molecule has 4 nitrogen and oxygen atoms in total. The highest BCUT2D eigenvalue weighted by Crippen LogP contribution is 2.33. The number of methoxy groups -OCH3 is 1. The number of nitrogens with two attached hydrogens (primary N) is 1. The van der Waals surface area contributed by atoms with Crippen LogP contribution < -0.4 is 10.5 Å². The second-order valence-electron chi connectivity index (χ2n) is 5.03. The number of alkyl halides is 3. The summed E-state index contributed by atoms with van der Waals surface area (Å²) < 4.78 is 43.7. The van der Waals surface area contributed by atoms with Gasteiger partial charge in [-0.1, -0.05) is 18.2 Å². The van der Waals surface area contributed by atoms with E-state index in [-0.39, 0.29) is 0 Å². The molecular weight excluding hydrogens is 285 g/mol. The van der Waals surface area contributed by atoms with Crippen molar-refractivity contribution in [3.63, 3.8) is 0 Å². The predicted molar refractivity (Wildman–Crippen MR) is 72.8 cm³/mol. The van der Waals surface area contributed by atoms with Crippen LogP contribution in [0.3, 0.4) is 0 Å². The molecule has 2 unspecified atom stereocenters. The van der Waals surface area contributed by atoms with Crippen LogP contribution in [-0.4, -0.2) is 36.7 Å². The summed E-state index contributed by atoms with van der Waals surface area (Å²) in [5.74, 6) is -0.705. The molecule has 0 aliphatic carbocycles. The minimum absolute atomic E-state index is 0.496. The van der Waals surface area contributed by atoms with Gasteiger partial charge in [-0.15, -0.1) is 0 Å². The Kier molecular flexibility index (Phi) is 4.88.